The van der Waals surface area contributed by atoms with E-state index in [2.05, 4.69) is 20.8 Å². The number of benzene rings is 1. The Bertz CT molecular complexity index is 355. The van der Waals surface area contributed by atoms with Gasteiger partial charge in [-0.25, -0.2) is 0 Å². The van der Waals surface area contributed by atoms with Crippen molar-refractivity contribution in [1.29, 1.82) is 0 Å². The van der Waals surface area contributed by atoms with Gasteiger partial charge < -0.3 is 5.11 Å². The summed E-state index contributed by atoms with van der Waals surface area (Å²) in [5, 5.41) is 9.15. The van der Waals surface area contributed by atoms with Crippen molar-refractivity contribution in [1.82, 2.24) is 0 Å². The maximum Gasteiger partial charge on any atom is 0.165 e. The van der Waals surface area contributed by atoms with Crippen molar-refractivity contribution in [2.45, 2.75) is 45.6 Å². The summed E-state index contributed by atoms with van der Waals surface area (Å²) < 4.78 is 0. The Morgan fingerprint density at radius 2 is 1.75 bits per heavy atom. The fraction of sp³-hybridized carbons (Fsp3) is 0.500. The molecule has 0 amide bonds. The number of hydrogen-bond donors (Lipinski definition) is 1. The van der Waals surface area contributed by atoms with E-state index in [1.54, 1.807) is 6.92 Å². The Morgan fingerprint density at radius 3 is 2.12 bits per heavy atom. The maximum atomic E-state index is 11.7. The van der Waals surface area contributed by atoms with Gasteiger partial charge in [0.15, 0.2) is 5.78 Å². The van der Waals surface area contributed by atoms with E-state index in [1.807, 2.05) is 24.3 Å². The molecule has 1 aromatic carbocycles. The molecular formula is C14H20O2. The van der Waals surface area contributed by atoms with Crippen molar-refractivity contribution in [2.75, 3.05) is 0 Å². The molecule has 0 radical (unpaired) electrons. The quantitative estimate of drug-likeness (QED) is 0.795. The molecule has 0 bridgehead atoms. The number of carbonyl (C=O) groups is 1. The molecule has 1 aromatic rings. The van der Waals surface area contributed by atoms with Crippen LogP contribution in [0, 0.1) is 0 Å². The molecule has 0 heterocycles. The molecule has 0 saturated carbocycles. The lowest BCUT2D eigenvalue weighted by molar-refractivity contribution is 0.0901. The highest BCUT2D eigenvalue weighted by atomic mass is 16.3. The van der Waals surface area contributed by atoms with E-state index in [4.69, 9.17) is 5.11 Å². The molecule has 1 rings (SSSR count). The summed E-state index contributed by atoms with van der Waals surface area (Å²) in [5.41, 5.74) is 1.99. The second-order valence-corrected chi connectivity index (χ2v) is 5.30. The van der Waals surface area contributed by atoms with Crippen molar-refractivity contribution in [3.8, 4) is 0 Å². The second kappa shape index (κ2) is 4.79. The van der Waals surface area contributed by atoms with E-state index in [-0.39, 0.29) is 17.6 Å². The van der Waals surface area contributed by atoms with Crippen LogP contribution in [-0.2, 0) is 5.41 Å². The van der Waals surface area contributed by atoms with Crippen LogP contribution in [0.15, 0.2) is 24.3 Å². The van der Waals surface area contributed by atoms with Crippen LogP contribution in [0.4, 0.5) is 0 Å². The molecule has 88 valence electrons. The molecule has 0 spiro atoms. The summed E-state index contributed by atoms with van der Waals surface area (Å²) in [5.74, 6) is -0.00420. The number of hydrogen-bond acceptors (Lipinski definition) is 2. The predicted octanol–water partition coefficient (Wildman–Crippen LogP) is 2.94. The summed E-state index contributed by atoms with van der Waals surface area (Å²) in [6, 6.07) is 7.64. The van der Waals surface area contributed by atoms with Gasteiger partial charge in [-0.05, 0) is 17.9 Å². The summed E-state index contributed by atoms with van der Waals surface area (Å²) in [6.45, 7) is 8.04. The van der Waals surface area contributed by atoms with Crippen molar-refractivity contribution in [3.63, 3.8) is 0 Å². The van der Waals surface area contributed by atoms with Gasteiger partial charge in [0.05, 0.1) is 6.10 Å². The topological polar surface area (TPSA) is 37.3 Å². The Morgan fingerprint density at radius 1 is 1.25 bits per heavy atom. The van der Waals surface area contributed by atoms with Crippen LogP contribution >= 0.6 is 0 Å². The average molecular weight is 220 g/mol. The van der Waals surface area contributed by atoms with Crippen LogP contribution in [0.5, 0.6) is 0 Å². The number of carbonyl (C=O) groups excluding carboxylic acids is 1. The molecule has 2 heteroatoms. The zero-order valence-corrected chi connectivity index (χ0v) is 10.4. The smallest absolute Gasteiger partial charge is 0.165 e. The van der Waals surface area contributed by atoms with Crippen LogP contribution in [0.1, 0.15) is 50.0 Å². The zero-order valence-electron chi connectivity index (χ0n) is 10.4. The lowest BCUT2D eigenvalue weighted by atomic mass is 9.86. The Balaban J connectivity index is 2.83. The predicted molar refractivity (Wildman–Crippen MR) is 65.8 cm³/mol. The molecule has 0 aromatic heterocycles. The summed E-state index contributed by atoms with van der Waals surface area (Å²) in [6.07, 6.45) is -0.385. The monoisotopic (exact) mass is 220 g/mol. The molecule has 0 aliphatic rings. The summed E-state index contributed by atoms with van der Waals surface area (Å²) in [4.78, 5) is 11.7. The van der Waals surface area contributed by atoms with Crippen molar-refractivity contribution >= 4 is 5.78 Å². The van der Waals surface area contributed by atoms with Crippen molar-refractivity contribution in [2.24, 2.45) is 0 Å². The average Bonchev–Trinajstić information content (AvgIpc) is 2.15. The lowest BCUT2D eigenvalue weighted by Gasteiger charge is -2.19. The number of Topliss-reactive ketones (excluding diaryl/α,β-unsaturated/α-hetero) is 1. The summed E-state index contributed by atoms with van der Waals surface area (Å²) >= 11 is 0. The zero-order chi connectivity index (χ0) is 12.3. The van der Waals surface area contributed by atoms with Gasteiger partial charge >= 0.3 is 0 Å². The van der Waals surface area contributed by atoms with Gasteiger partial charge in [-0.15, -0.1) is 0 Å². The number of ketones is 1. The minimum Gasteiger partial charge on any atom is -0.393 e. The number of rotatable bonds is 3. The van der Waals surface area contributed by atoms with Crippen LogP contribution in [-0.4, -0.2) is 17.0 Å². The van der Waals surface area contributed by atoms with Gasteiger partial charge in [0.1, 0.15) is 0 Å². The fourth-order valence-electron chi connectivity index (χ4n) is 1.54. The molecule has 1 atom stereocenters. The molecule has 0 aliphatic carbocycles. The minimum absolute atomic E-state index is 0.00420. The van der Waals surface area contributed by atoms with E-state index in [0.29, 0.717) is 5.56 Å². The molecule has 0 saturated heterocycles. The first-order valence-corrected chi connectivity index (χ1v) is 5.62. The van der Waals surface area contributed by atoms with Crippen LogP contribution in [0.3, 0.4) is 0 Å². The molecule has 16 heavy (non-hydrogen) atoms. The minimum atomic E-state index is -0.574. The third-order valence-corrected chi connectivity index (χ3v) is 2.55. The van der Waals surface area contributed by atoms with Gasteiger partial charge in [-0.2, -0.15) is 0 Å². The highest BCUT2D eigenvalue weighted by Gasteiger charge is 2.14. The Hall–Kier alpha value is -1.15. The second-order valence-electron chi connectivity index (χ2n) is 5.30. The Kier molecular flexibility index (Phi) is 3.87. The molecule has 2 nitrogen and oxygen atoms in total. The van der Waals surface area contributed by atoms with Gasteiger partial charge in [0, 0.05) is 12.0 Å². The van der Waals surface area contributed by atoms with E-state index in [1.165, 1.54) is 5.56 Å². The lowest BCUT2D eigenvalue weighted by Crippen LogP contribution is -2.12. The molecule has 1 unspecified atom stereocenters. The largest absolute Gasteiger partial charge is 0.393 e. The number of aliphatic hydroxyl groups excluding tert-OH is 1. The molecule has 0 aliphatic heterocycles. The maximum absolute atomic E-state index is 11.7. The van der Waals surface area contributed by atoms with E-state index in [0.717, 1.165) is 0 Å². The highest BCUT2D eigenvalue weighted by Crippen LogP contribution is 2.22. The molecule has 0 fully saturated rings. The summed E-state index contributed by atoms with van der Waals surface area (Å²) in [7, 11) is 0. The van der Waals surface area contributed by atoms with Gasteiger partial charge in [0.2, 0.25) is 0 Å². The highest BCUT2D eigenvalue weighted by molar-refractivity contribution is 5.96. The fourth-order valence-corrected chi connectivity index (χ4v) is 1.54. The first-order chi connectivity index (χ1) is 7.30. The molecule has 1 N–H and O–H groups in total. The first kappa shape index (κ1) is 12.9. The van der Waals surface area contributed by atoms with Gasteiger partial charge in [-0.1, -0.05) is 45.0 Å². The van der Waals surface area contributed by atoms with Crippen LogP contribution < -0.4 is 0 Å². The third kappa shape index (κ3) is 3.46. The normalized spacial score (nSPS) is 13.6. The number of aliphatic hydroxyl groups is 1. The van der Waals surface area contributed by atoms with Crippen molar-refractivity contribution in [3.05, 3.63) is 35.4 Å². The van der Waals surface area contributed by atoms with Gasteiger partial charge in [0.25, 0.3) is 0 Å². The van der Waals surface area contributed by atoms with E-state index < -0.39 is 6.10 Å². The van der Waals surface area contributed by atoms with Crippen LogP contribution in [0.25, 0.3) is 0 Å². The first-order valence-electron chi connectivity index (χ1n) is 5.62. The third-order valence-electron chi connectivity index (χ3n) is 2.55. The standard InChI is InChI=1S/C14H20O2/c1-10(15)9-13(16)11-5-7-12(8-6-11)14(2,3)4/h5-8,10,15H,9H2,1-4H3. The molecular weight excluding hydrogens is 200 g/mol. The van der Waals surface area contributed by atoms with Crippen molar-refractivity contribution < 1.29 is 9.90 Å². The van der Waals surface area contributed by atoms with Gasteiger partial charge in [-0.3, -0.25) is 4.79 Å². The van der Waals surface area contributed by atoms with E-state index in [9.17, 15) is 4.79 Å². The van der Waals surface area contributed by atoms with E-state index >= 15 is 0 Å². The Labute approximate surface area is 97.3 Å². The van der Waals surface area contributed by atoms with Crippen LogP contribution in [0.2, 0.25) is 0 Å². The SMILES string of the molecule is CC(O)CC(=O)c1ccc(C(C)(C)C)cc1.